The standard InChI is InChI=1S/C31H40N4O3S/c1-38-20-28-24-14-15-35(29(24)23-6-2-4-8-26(23)32-28)31(37)25-7-3-5-9-27(25)33-30(36)21-10-12-22(13-11-21)34-16-18-39-19-17-34/h2,4,6,8,10-13,24-25,27-29,32H,3,5,7,9,14-20H2,1H3,(H,33,36)/t24-,25+,27-,28+,29+/m1/s1. The predicted molar refractivity (Wildman–Crippen MR) is 157 cm³/mol. The van der Waals surface area contributed by atoms with Gasteiger partial charge < -0.3 is 25.2 Å². The molecule has 2 aromatic rings. The third-order valence-electron chi connectivity index (χ3n) is 9.12. The Morgan fingerprint density at radius 2 is 1.77 bits per heavy atom. The predicted octanol–water partition coefficient (Wildman–Crippen LogP) is 4.56. The number of carbonyl (C=O) groups is 2. The number of thioether (sulfide) groups is 1. The molecule has 0 radical (unpaired) electrons. The first-order chi connectivity index (χ1) is 19.1. The van der Waals surface area contributed by atoms with Crippen LogP contribution in [0.2, 0.25) is 0 Å². The number of hydrogen-bond acceptors (Lipinski definition) is 6. The van der Waals surface area contributed by atoms with Gasteiger partial charge in [-0.2, -0.15) is 11.8 Å². The first-order valence-electron chi connectivity index (χ1n) is 14.5. The van der Waals surface area contributed by atoms with E-state index in [0.717, 1.165) is 68.9 Å². The second-order valence-corrected chi connectivity index (χ2v) is 12.6. The minimum absolute atomic E-state index is 0.0501. The minimum Gasteiger partial charge on any atom is -0.383 e. The van der Waals surface area contributed by atoms with Crippen molar-refractivity contribution < 1.29 is 14.3 Å². The van der Waals surface area contributed by atoms with Crippen LogP contribution in [0.3, 0.4) is 0 Å². The Kier molecular flexibility index (Phi) is 8.02. The van der Waals surface area contributed by atoms with E-state index in [1.54, 1.807) is 7.11 Å². The number of anilines is 2. The summed E-state index contributed by atoms with van der Waals surface area (Å²) < 4.78 is 5.54. The van der Waals surface area contributed by atoms with Gasteiger partial charge in [-0.25, -0.2) is 0 Å². The number of hydrogen-bond donors (Lipinski definition) is 2. The van der Waals surface area contributed by atoms with Crippen molar-refractivity contribution in [3.63, 3.8) is 0 Å². The normalized spacial score (nSPS) is 28.3. The van der Waals surface area contributed by atoms with E-state index in [9.17, 15) is 9.59 Å². The highest BCUT2D eigenvalue weighted by molar-refractivity contribution is 7.99. The summed E-state index contributed by atoms with van der Waals surface area (Å²) in [5.74, 6) is 2.54. The Bertz CT molecular complexity index is 1170. The molecule has 0 unspecified atom stereocenters. The molecule has 0 aromatic heterocycles. The first kappa shape index (κ1) is 26.5. The number of methoxy groups -OCH3 is 1. The van der Waals surface area contributed by atoms with Gasteiger partial charge in [0.15, 0.2) is 0 Å². The molecule has 0 spiro atoms. The number of benzene rings is 2. The molecule has 1 aliphatic carbocycles. The van der Waals surface area contributed by atoms with Crippen LogP contribution < -0.4 is 15.5 Å². The van der Waals surface area contributed by atoms with Crippen LogP contribution >= 0.6 is 11.8 Å². The number of rotatable bonds is 6. The van der Waals surface area contributed by atoms with Crippen molar-refractivity contribution in [2.45, 2.75) is 50.2 Å². The van der Waals surface area contributed by atoms with E-state index in [1.807, 2.05) is 30.0 Å². The molecule has 3 aliphatic heterocycles. The zero-order chi connectivity index (χ0) is 26.8. The third-order valence-corrected chi connectivity index (χ3v) is 10.1. The van der Waals surface area contributed by atoms with E-state index in [4.69, 9.17) is 4.74 Å². The maximum Gasteiger partial charge on any atom is 0.251 e. The molecule has 0 bridgehead atoms. The number of carbonyl (C=O) groups excluding carboxylic acids is 2. The third kappa shape index (κ3) is 5.38. The lowest BCUT2D eigenvalue weighted by Crippen LogP contribution is -2.50. The molecule has 2 saturated heterocycles. The first-order valence-corrected chi connectivity index (χ1v) is 15.7. The van der Waals surface area contributed by atoms with Crippen LogP contribution in [0, 0.1) is 11.8 Å². The zero-order valence-corrected chi connectivity index (χ0v) is 23.6. The summed E-state index contributed by atoms with van der Waals surface area (Å²) in [5.41, 5.74) is 4.14. The van der Waals surface area contributed by atoms with Crippen LogP contribution in [-0.2, 0) is 9.53 Å². The summed E-state index contributed by atoms with van der Waals surface area (Å²) in [6.07, 6.45) is 4.69. The van der Waals surface area contributed by atoms with Gasteiger partial charge in [-0.15, -0.1) is 0 Å². The molecule has 39 heavy (non-hydrogen) atoms. The van der Waals surface area contributed by atoms with Crippen molar-refractivity contribution in [1.29, 1.82) is 0 Å². The molecular formula is C31H40N4O3S. The fraction of sp³-hybridized carbons (Fsp3) is 0.548. The molecule has 3 heterocycles. The van der Waals surface area contributed by atoms with Gasteiger partial charge in [0.1, 0.15) is 0 Å². The SMILES string of the molecule is COC[C@@H]1Nc2ccccc2[C@H]2[C@@H]1CCN2C(=O)[C@H]1CCCC[C@H]1NC(=O)c1ccc(N2CCSCC2)cc1. The number of amides is 2. The molecular weight excluding hydrogens is 508 g/mol. The fourth-order valence-corrected chi connectivity index (χ4v) is 8.03. The lowest BCUT2D eigenvalue weighted by atomic mass is 9.81. The summed E-state index contributed by atoms with van der Waals surface area (Å²) in [5, 5.41) is 6.94. The van der Waals surface area contributed by atoms with E-state index >= 15 is 0 Å². The Hall–Kier alpha value is -2.71. The second-order valence-electron chi connectivity index (χ2n) is 11.3. The van der Waals surface area contributed by atoms with E-state index < -0.39 is 0 Å². The average Bonchev–Trinajstić information content (AvgIpc) is 3.44. The highest BCUT2D eigenvalue weighted by Crippen LogP contribution is 2.47. The minimum atomic E-state index is -0.186. The summed E-state index contributed by atoms with van der Waals surface area (Å²) in [7, 11) is 1.74. The van der Waals surface area contributed by atoms with Crippen molar-refractivity contribution in [2.75, 3.05) is 55.1 Å². The van der Waals surface area contributed by atoms with Gasteiger partial charge >= 0.3 is 0 Å². The van der Waals surface area contributed by atoms with Crippen LogP contribution in [0.1, 0.15) is 54.1 Å². The van der Waals surface area contributed by atoms with Gasteiger partial charge in [-0.1, -0.05) is 31.0 Å². The highest BCUT2D eigenvalue weighted by Gasteiger charge is 2.48. The van der Waals surface area contributed by atoms with Crippen molar-refractivity contribution in [3.05, 3.63) is 59.7 Å². The Morgan fingerprint density at radius 3 is 2.56 bits per heavy atom. The van der Waals surface area contributed by atoms with Crippen molar-refractivity contribution in [1.82, 2.24) is 10.2 Å². The van der Waals surface area contributed by atoms with Gasteiger partial charge in [-0.05, 0) is 55.2 Å². The Balaban J connectivity index is 1.17. The number of nitrogens with zero attached hydrogens (tertiary/aromatic N) is 2. The van der Waals surface area contributed by atoms with E-state index in [-0.39, 0.29) is 35.9 Å². The maximum absolute atomic E-state index is 14.2. The molecule has 8 heteroatoms. The molecule has 1 saturated carbocycles. The summed E-state index contributed by atoms with van der Waals surface area (Å²) in [6, 6.07) is 16.4. The van der Waals surface area contributed by atoms with Gasteiger partial charge in [0.25, 0.3) is 5.91 Å². The Morgan fingerprint density at radius 1 is 1.00 bits per heavy atom. The number of ether oxygens (including phenoxy) is 1. The van der Waals surface area contributed by atoms with Crippen molar-refractivity contribution in [2.24, 2.45) is 11.8 Å². The molecule has 4 aliphatic rings. The molecule has 3 fully saturated rings. The molecule has 2 N–H and O–H groups in total. The van der Waals surface area contributed by atoms with Gasteiger partial charge in [0.05, 0.1) is 24.6 Å². The molecule has 7 nitrogen and oxygen atoms in total. The molecule has 2 amide bonds. The highest BCUT2D eigenvalue weighted by atomic mass is 32.2. The van der Waals surface area contributed by atoms with Crippen molar-refractivity contribution in [3.8, 4) is 0 Å². The van der Waals surface area contributed by atoms with Gasteiger partial charge in [-0.3, -0.25) is 9.59 Å². The van der Waals surface area contributed by atoms with Crippen molar-refractivity contribution >= 4 is 35.0 Å². The van der Waals surface area contributed by atoms with Gasteiger partial charge in [0.2, 0.25) is 5.91 Å². The molecule has 5 atom stereocenters. The summed E-state index contributed by atoms with van der Waals surface area (Å²) in [6.45, 7) is 3.47. The molecule has 208 valence electrons. The van der Waals surface area contributed by atoms with Crippen LogP contribution in [0.25, 0.3) is 0 Å². The quantitative estimate of drug-likeness (QED) is 0.552. The maximum atomic E-state index is 14.2. The number of nitrogens with one attached hydrogen (secondary N) is 2. The van der Waals surface area contributed by atoms with E-state index in [2.05, 4.69) is 50.8 Å². The number of para-hydroxylation sites is 1. The lowest BCUT2D eigenvalue weighted by molar-refractivity contribution is -0.139. The monoisotopic (exact) mass is 548 g/mol. The van der Waals surface area contributed by atoms with Crippen LogP contribution in [0.4, 0.5) is 11.4 Å². The number of fused-ring (bicyclic) bond motifs is 3. The van der Waals surface area contributed by atoms with Gasteiger partial charge in [0, 0.05) is 67.1 Å². The summed E-state index contributed by atoms with van der Waals surface area (Å²) >= 11 is 1.99. The smallest absolute Gasteiger partial charge is 0.251 e. The van der Waals surface area contributed by atoms with Crippen LogP contribution in [0.5, 0.6) is 0 Å². The topological polar surface area (TPSA) is 73.9 Å². The lowest BCUT2D eigenvalue weighted by Gasteiger charge is -2.41. The van der Waals surface area contributed by atoms with Crippen LogP contribution in [0.15, 0.2) is 48.5 Å². The second kappa shape index (κ2) is 11.8. The van der Waals surface area contributed by atoms with Crippen LogP contribution in [-0.4, -0.2) is 73.7 Å². The van der Waals surface area contributed by atoms with E-state index in [1.165, 1.54) is 11.3 Å². The number of likely N-dealkylation sites (tertiary alicyclic amines) is 1. The zero-order valence-electron chi connectivity index (χ0n) is 22.8. The fourth-order valence-electron chi connectivity index (χ4n) is 7.13. The Labute approximate surface area is 236 Å². The summed E-state index contributed by atoms with van der Waals surface area (Å²) in [4.78, 5) is 32.0. The van der Waals surface area contributed by atoms with E-state index in [0.29, 0.717) is 18.1 Å². The largest absolute Gasteiger partial charge is 0.383 e. The molecule has 2 aromatic carbocycles. The molecule has 6 rings (SSSR count). The average molecular weight is 549 g/mol.